The van der Waals surface area contributed by atoms with Crippen LogP contribution in [0.4, 0.5) is 15.9 Å². The lowest BCUT2D eigenvalue weighted by atomic mass is 10.2. The van der Waals surface area contributed by atoms with Crippen LogP contribution in [0.5, 0.6) is 0 Å². The molecule has 0 unspecified atom stereocenters. The third-order valence-electron chi connectivity index (χ3n) is 2.75. The molecular formula is C15H17FN4O. The van der Waals surface area contributed by atoms with Crippen molar-refractivity contribution in [1.29, 1.82) is 0 Å². The van der Waals surface area contributed by atoms with Gasteiger partial charge in [-0.3, -0.25) is 4.79 Å². The summed E-state index contributed by atoms with van der Waals surface area (Å²) in [4.78, 5) is 12.0. The van der Waals surface area contributed by atoms with Gasteiger partial charge in [-0.05, 0) is 49.2 Å². The molecule has 110 valence electrons. The lowest BCUT2D eigenvalue weighted by molar-refractivity contribution is 0.102. The summed E-state index contributed by atoms with van der Waals surface area (Å²) in [7, 11) is 0. The zero-order valence-corrected chi connectivity index (χ0v) is 12.0. The summed E-state index contributed by atoms with van der Waals surface area (Å²) in [5.41, 5.74) is 1.31. The van der Waals surface area contributed by atoms with Gasteiger partial charge < -0.3 is 10.6 Å². The first-order valence-electron chi connectivity index (χ1n) is 6.74. The number of carbonyl (C=O) groups is 1. The van der Waals surface area contributed by atoms with Gasteiger partial charge in [0, 0.05) is 12.2 Å². The van der Waals surface area contributed by atoms with Gasteiger partial charge in [0.1, 0.15) is 11.6 Å². The summed E-state index contributed by atoms with van der Waals surface area (Å²) in [6, 6.07) is 7.60. The third kappa shape index (κ3) is 4.24. The third-order valence-corrected chi connectivity index (χ3v) is 2.75. The summed E-state index contributed by atoms with van der Waals surface area (Å²) < 4.78 is 13.3. The summed E-state index contributed by atoms with van der Waals surface area (Å²) in [6.07, 6.45) is 0.975. The maximum atomic E-state index is 13.3. The maximum absolute atomic E-state index is 13.3. The molecule has 6 heteroatoms. The normalized spacial score (nSPS) is 10.2. The Balaban J connectivity index is 2.06. The Kier molecular flexibility index (Phi) is 4.81. The Bertz CT molecular complexity index is 608. The SMILES string of the molecule is CCCNc1ccc(C(=O)Nc2cc(C)cc(F)c2)nn1. The van der Waals surface area contributed by atoms with Crippen molar-refractivity contribution in [2.75, 3.05) is 17.2 Å². The summed E-state index contributed by atoms with van der Waals surface area (Å²) in [5.74, 6) is -0.194. The Hall–Kier alpha value is -2.50. The molecule has 0 bridgehead atoms. The Labute approximate surface area is 122 Å². The molecule has 0 aliphatic heterocycles. The van der Waals surface area contributed by atoms with Crippen LogP contribution in [0.25, 0.3) is 0 Å². The molecule has 0 atom stereocenters. The second-order valence-corrected chi connectivity index (χ2v) is 4.70. The van der Waals surface area contributed by atoms with Crippen molar-refractivity contribution in [3.05, 3.63) is 47.4 Å². The molecule has 0 saturated heterocycles. The lowest BCUT2D eigenvalue weighted by Crippen LogP contribution is -2.15. The molecule has 0 radical (unpaired) electrons. The molecule has 2 rings (SSSR count). The largest absolute Gasteiger partial charge is 0.369 e. The highest BCUT2D eigenvalue weighted by atomic mass is 19.1. The van der Waals surface area contributed by atoms with Crippen molar-refractivity contribution in [2.24, 2.45) is 0 Å². The fourth-order valence-electron chi connectivity index (χ4n) is 1.80. The number of anilines is 2. The van der Waals surface area contributed by atoms with Gasteiger partial charge >= 0.3 is 0 Å². The first kappa shape index (κ1) is 14.9. The van der Waals surface area contributed by atoms with Crippen LogP contribution in [0.15, 0.2) is 30.3 Å². The summed E-state index contributed by atoms with van der Waals surface area (Å²) >= 11 is 0. The Morgan fingerprint density at radius 3 is 2.67 bits per heavy atom. The van der Waals surface area contributed by atoms with Crippen LogP contribution in [-0.2, 0) is 0 Å². The first-order chi connectivity index (χ1) is 10.1. The number of nitrogens with zero attached hydrogens (tertiary/aromatic N) is 2. The number of hydrogen-bond donors (Lipinski definition) is 2. The monoisotopic (exact) mass is 288 g/mol. The minimum Gasteiger partial charge on any atom is -0.369 e. The van der Waals surface area contributed by atoms with Gasteiger partial charge in [0.2, 0.25) is 0 Å². The molecule has 1 heterocycles. The quantitative estimate of drug-likeness (QED) is 0.887. The number of aryl methyl sites for hydroxylation is 1. The van der Waals surface area contributed by atoms with Crippen LogP contribution in [0.1, 0.15) is 29.4 Å². The molecule has 0 fully saturated rings. The molecule has 0 saturated carbocycles. The molecule has 1 aromatic carbocycles. The van der Waals surface area contributed by atoms with Gasteiger partial charge in [-0.25, -0.2) is 4.39 Å². The number of benzene rings is 1. The van der Waals surface area contributed by atoms with E-state index in [0.717, 1.165) is 18.5 Å². The van der Waals surface area contributed by atoms with Crippen LogP contribution >= 0.6 is 0 Å². The van der Waals surface area contributed by atoms with E-state index in [1.165, 1.54) is 12.1 Å². The molecule has 0 aliphatic rings. The van der Waals surface area contributed by atoms with Crippen LogP contribution in [0.2, 0.25) is 0 Å². The van der Waals surface area contributed by atoms with Crippen LogP contribution in [0.3, 0.4) is 0 Å². The van der Waals surface area contributed by atoms with E-state index in [1.54, 1.807) is 25.1 Å². The zero-order chi connectivity index (χ0) is 15.2. The smallest absolute Gasteiger partial charge is 0.276 e. The molecule has 2 aromatic rings. The van der Waals surface area contributed by atoms with E-state index in [9.17, 15) is 9.18 Å². The van der Waals surface area contributed by atoms with Crippen molar-refractivity contribution in [3.63, 3.8) is 0 Å². The molecule has 2 N–H and O–H groups in total. The average molecular weight is 288 g/mol. The van der Waals surface area contributed by atoms with E-state index in [-0.39, 0.29) is 5.69 Å². The predicted octanol–water partition coefficient (Wildman–Crippen LogP) is 3.00. The van der Waals surface area contributed by atoms with Crippen LogP contribution in [0, 0.1) is 12.7 Å². The second-order valence-electron chi connectivity index (χ2n) is 4.70. The summed E-state index contributed by atoms with van der Waals surface area (Å²) in [6.45, 7) is 4.60. The van der Waals surface area contributed by atoms with E-state index in [4.69, 9.17) is 0 Å². The fraction of sp³-hybridized carbons (Fsp3) is 0.267. The van der Waals surface area contributed by atoms with Crippen molar-refractivity contribution in [3.8, 4) is 0 Å². The zero-order valence-electron chi connectivity index (χ0n) is 12.0. The molecule has 0 aliphatic carbocycles. The van der Waals surface area contributed by atoms with Crippen molar-refractivity contribution in [1.82, 2.24) is 10.2 Å². The maximum Gasteiger partial charge on any atom is 0.276 e. The highest BCUT2D eigenvalue weighted by Gasteiger charge is 2.09. The predicted molar refractivity (Wildman–Crippen MR) is 79.9 cm³/mol. The number of aromatic nitrogens is 2. The van der Waals surface area contributed by atoms with Gasteiger partial charge in [-0.1, -0.05) is 6.92 Å². The highest BCUT2D eigenvalue weighted by molar-refractivity contribution is 6.02. The number of rotatable bonds is 5. The summed E-state index contributed by atoms with van der Waals surface area (Å²) in [5, 5.41) is 13.4. The van der Waals surface area contributed by atoms with Crippen LogP contribution < -0.4 is 10.6 Å². The number of amides is 1. The highest BCUT2D eigenvalue weighted by Crippen LogP contribution is 2.14. The van der Waals surface area contributed by atoms with Crippen molar-refractivity contribution < 1.29 is 9.18 Å². The second kappa shape index (κ2) is 6.78. The van der Waals surface area contributed by atoms with Gasteiger partial charge in [0.05, 0.1) is 0 Å². The Morgan fingerprint density at radius 2 is 2.05 bits per heavy atom. The fourth-order valence-corrected chi connectivity index (χ4v) is 1.80. The average Bonchev–Trinajstić information content (AvgIpc) is 2.44. The Morgan fingerprint density at radius 1 is 1.24 bits per heavy atom. The van der Waals surface area contributed by atoms with E-state index in [1.807, 2.05) is 6.92 Å². The minimum absolute atomic E-state index is 0.180. The lowest BCUT2D eigenvalue weighted by Gasteiger charge is -2.07. The van der Waals surface area contributed by atoms with E-state index < -0.39 is 11.7 Å². The molecule has 1 aromatic heterocycles. The minimum atomic E-state index is -0.422. The molecule has 21 heavy (non-hydrogen) atoms. The first-order valence-corrected chi connectivity index (χ1v) is 6.74. The molecule has 5 nitrogen and oxygen atoms in total. The number of hydrogen-bond acceptors (Lipinski definition) is 4. The van der Waals surface area contributed by atoms with Crippen molar-refractivity contribution in [2.45, 2.75) is 20.3 Å². The van der Waals surface area contributed by atoms with Crippen molar-refractivity contribution >= 4 is 17.4 Å². The standard InChI is InChI=1S/C15H17FN4O/c1-3-6-17-14-5-4-13(19-20-14)15(21)18-12-8-10(2)7-11(16)9-12/h4-5,7-9H,3,6H2,1-2H3,(H,17,20)(H,18,21). The van der Waals surface area contributed by atoms with Crippen LogP contribution in [-0.4, -0.2) is 22.6 Å². The molecular weight excluding hydrogens is 271 g/mol. The number of halogens is 1. The number of carbonyl (C=O) groups excluding carboxylic acids is 1. The van der Waals surface area contributed by atoms with Gasteiger partial charge in [0.15, 0.2) is 5.69 Å². The van der Waals surface area contributed by atoms with E-state index in [0.29, 0.717) is 11.5 Å². The van der Waals surface area contributed by atoms with E-state index >= 15 is 0 Å². The molecule has 1 amide bonds. The van der Waals surface area contributed by atoms with E-state index in [2.05, 4.69) is 20.8 Å². The van der Waals surface area contributed by atoms with Gasteiger partial charge in [0.25, 0.3) is 5.91 Å². The number of nitrogens with one attached hydrogen (secondary N) is 2. The molecule has 0 spiro atoms. The van der Waals surface area contributed by atoms with Gasteiger partial charge in [-0.2, -0.15) is 0 Å². The topological polar surface area (TPSA) is 66.9 Å². The van der Waals surface area contributed by atoms with Gasteiger partial charge in [-0.15, -0.1) is 10.2 Å².